The Balaban J connectivity index is 1.71. The molecule has 2 fully saturated rings. The second-order valence-corrected chi connectivity index (χ2v) is 5.20. The van der Waals surface area contributed by atoms with E-state index in [1.54, 1.807) is 7.11 Å². The average molecular weight is 240 g/mol. The molecular weight excluding hydrogens is 216 g/mol. The summed E-state index contributed by atoms with van der Waals surface area (Å²) in [6, 6.07) is 0.571. The number of likely N-dealkylation sites (tertiary alicyclic amines) is 1. The van der Waals surface area contributed by atoms with Crippen molar-refractivity contribution in [1.29, 1.82) is 0 Å². The van der Waals surface area contributed by atoms with Crippen LogP contribution in [0.4, 0.5) is 0 Å². The van der Waals surface area contributed by atoms with Gasteiger partial charge in [-0.15, -0.1) is 0 Å². The molecule has 2 rings (SSSR count). The van der Waals surface area contributed by atoms with Gasteiger partial charge in [-0.3, -0.25) is 4.79 Å². The fraction of sp³-hybridized carbons (Fsp3) is 0.923. The summed E-state index contributed by atoms with van der Waals surface area (Å²) >= 11 is 0. The minimum absolute atomic E-state index is 0.235. The Labute approximate surface area is 104 Å². The molecule has 1 unspecified atom stereocenters. The molecule has 17 heavy (non-hydrogen) atoms. The first-order chi connectivity index (χ1) is 8.29. The van der Waals surface area contributed by atoms with Gasteiger partial charge in [0.15, 0.2) is 0 Å². The number of nitrogens with zero attached hydrogens (tertiary/aromatic N) is 1. The van der Waals surface area contributed by atoms with E-state index in [1.807, 2.05) is 4.90 Å². The molecule has 0 aromatic rings. The third-order valence-corrected chi connectivity index (χ3v) is 3.96. The number of methoxy groups -OCH3 is 1. The normalized spacial score (nSPS) is 26.4. The van der Waals surface area contributed by atoms with Crippen LogP contribution in [-0.2, 0) is 9.53 Å². The lowest BCUT2D eigenvalue weighted by atomic mass is 10.1. The lowest BCUT2D eigenvalue weighted by Crippen LogP contribution is -2.47. The Morgan fingerprint density at radius 1 is 1.29 bits per heavy atom. The van der Waals surface area contributed by atoms with Gasteiger partial charge in [-0.1, -0.05) is 12.8 Å². The van der Waals surface area contributed by atoms with Crippen LogP contribution in [0.5, 0.6) is 0 Å². The van der Waals surface area contributed by atoms with E-state index < -0.39 is 0 Å². The highest BCUT2D eigenvalue weighted by molar-refractivity contribution is 5.78. The van der Waals surface area contributed by atoms with E-state index in [9.17, 15) is 4.79 Å². The smallest absolute Gasteiger partial charge is 0.236 e. The van der Waals surface area contributed by atoms with Crippen molar-refractivity contribution in [2.24, 2.45) is 0 Å². The maximum atomic E-state index is 12.0. The van der Waals surface area contributed by atoms with E-state index in [-0.39, 0.29) is 12.0 Å². The van der Waals surface area contributed by atoms with Crippen LogP contribution in [0.15, 0.2) is 0 Å². The molecule has 1 atom stereocenters. The number of carbonyl (C=O) groups is 1. The van der Waals surface area contributed by atoms with Crippen LogP contribution in [0.2, 0.25) is 0 Å². The minimum Gasteiger partial charge on any atom is -0.380 e. The van der Waals surface area contributed by atoms with E-state index in [0.717, 1.165) is 25.9 Å². The zero-order chi connectivity index (χ0) is 12.1. The number of hydrogen-bond donors (Lipinski definition) is 1. The van der Waals surface area contributed by atoms with Gasteiger partial charge < -0.3 is 15.0 Å². The van der Waals surface area contributed by atoms with Crippen LogP contribution in [0.3, 0.4) is 0 Å². The van der Waals surface area contributed by atoms with Gasteiger partial charge in [0.25, 0.3) is 0 Å². The fourth-order valence-corrected chi connectivity index (χ4v) is 2.83. The summed E-state index contributed by atoms with van der Waals surface area (Å²) < 4.78 is 5.34. The molecule has 1 heterocycles. The van der Waals surface area contributed by atoms with Gasteiger partial charge in [-0.25, -0.2) is 0 Å². The van der Waals surface area contributed by atoms with Gasteiger partial charge in [-0.2, -0.15) is 0 Å². The number of rotatable bonds is 4. The summed E-state index contributed by atoms with van der Waals surface area (Å²) in [5, 5.41) is 3.38. The first-order valence-electron chi connectivity index (χ1n) is 6.83. The monoisotopic (exact) mass is 240 g/mol. The standard InChI is InChI=1S/C13H24N2O2/c1-17-12-7-4-8-15(10-12)13(16)9-14-11-5-2-3-6-11/h11-12,14H,2-10H2,1H3. The van der Waals surface area contributed by atoms with Crippen molar-refractivity contribution in [1.82, 2.24) is 10.2 Å². The lowest BCUT2D eigenvalue weighted by molar-refractivity contribution is -0.133. The van der Waals surface area contributed by atoms with Crippen molar-refractivity contribution in [3.05, 3.63) is 0 Å². The van der Waals surface area contributed by atoms with Crippen LogP contribution >= 0.6 is 0 Å². The van der Waals surface area contributed by atoms with Gasteiger partial charge in [-0.05, 0) is 25.7 Å². The van der Waals surface area contributed by atoms with Crippen LogP contribution < -0.4 is 5.32 Å². The highest BCUT2D eigenvalue weighted by Crippen LogP contribution is 2.17. The molecule has 1 aliphatic carbocycles. The highest BCUT2D eigenvalue weighted by Gasteiger charge is 2.24. The molecule has 1 N–H and O–H groups in total. The predicted molar refractivity (Wildman–Crippen MR) is 66.9 cm³/mol. The molecule has 4 heteroatoms. The van der Waals surface area contributed by atoms with Crippen LogP contribution in [0, 0.1) is 0 Å². The molecule has 1 saturated carbocycles. The molecular formula is C13H24N2O2. The zero-order valence-corrected chi connectivity index (χ0v) is 10.8. The molecule has 0 bridgehead atoms. The largest absolute Gasteiger partial charge is 0.380 e. The predicted octanol–water partition coefficient (Wildman–Crippen LogP) is 1.16. The van der Waals surface area contributed by atoms with Gasteiger partial charge in [0, 0.05) is 26.2 Å². The van der Waals surface area contributed by atoms with Crippen molar-refractivity contribution in [3.63, 3.8) is 0 Å². The van der Waals surface area contributed by atoms with Gasteiger partial charge in [0.05, 0.1) is 12.6 Å². The molecule has 0 aromatic carbocycles. The quantitative estimate of drug-likeness (QED) is 0.801. The van der Waals surface area contributed by atoms with Gasteiger partial charge in [0.1, 0.15) is 0 Å². The molecule has 1 saturated heterocycles. The van der Waals surface area contributed by atoms with Crippen molar-refractivity contribution < 1.29 is 9.53 Å². The lowest BCUT2D eigenvalue weighted by Gasteiger charge is -2.32. The van der Waals surface area contributed by atoms with Gasteiger partial charge >= 0.3 is 0 Å². The summed E-state index contributed by atoms with van der Waals surface area (Å²) in [5.41, 5.74) is 0. The van der Waals surface area contributed by atoms with Crippen molar-refractivity contribution in [2.75, 3.05) is 26.7 Å². The molecule has 0 aromatic heterocycles. The molecule has 0 spiro atoms. The molecule has 98 valence electrons. The number of carbonyl (C=O) groups excluding carboxylic acids is 1. The first-order valence-corrected chi connectivity index (χ1v) is 6.83. The Bertz CT molecular complexity index is 252. The van der Waals surface area contributed by atoms with Crippen molar-refractivity contribution in [3.8, 4) is 0 Å². The first kappa shape index (κ1) is 12.8. The number of hydrogen-bond acceptors (Lipinski definition) is 3. The van der Waals surface area contributed by atoms with E-state index in [0.29, 0.717) is 12.6 Å². The number of ether oxygens (including phenoxy) is 1. The summed E-state index contributed by atoms with van der Waals surface area (Å²) in [4.78, 5) is 14.0. The second kappa shape index (κ2) is 6.36. The Morgan fingerprint density at radius 3 is 2.76 bits per heavy atom. The van der Waals surface area contributed by atoms with E-state index in [2.05, 4.69) is 5.32 Å². The molecule has 1 amide bonds. The fourth-order valence-electron chi connectivity index (χ4n) is 2.83. The van der Waals surface area contributed by atoms with Crippen molar-refractivity contribution >= 4 is 5.91 Å². The van der Waals surface area contributed by atoms with Gasteiger partial charge in [0.2, 0.25) is 5.91 Å². The summed E-state index contributed by atoms with van der Waals surface area (Å²) in [6.07, 6.45) is 7.45. The van der Waals surface area contributed by atoms with Crippen LogP contribution in [-0.4, -0.2) is 49.7 Å². The molecule has 1 aliphatic heterocycles. The summed E-state index contributed by atoms with van der Waals surface area (Å²) in [5.74, 6) is 0.235. The van der Waals surface area contributed by atoms with Crippen molar-refractivity contribution in [2.45, 2.75) is 50.7 Å². The number of amides is 1. The van der Waals surface area contributed by atoms with Crippen LogP contribution in [0.1, 0.15) is 38.5 Å². The second-order valence-electron chi connectivity index (χ2n) is 5.20. The van der Waals surface area contributed by atoms with Crippen LogP contribution in [0.25, 0.3) is 0 Å². The van der Waals surface area contributed by atoms with E-state index >= 15 is 0 Å². The third-order valence-electron chi connectivity index (χ3n) is 3.96. The summed E-state index contributed by atoms with van der Waals surface area (Å²) in [6.45, 7) is 2.16. The highest BCUT2D eigenvalue weighted by atomic mass is 16.5. The summed E-state index contributed by atoms with van der Waals surface area (Å²) in [7, 11) is 1.73. The van der Waals surface area contributed by atoms with E-state index in [4.69, 9.17) is 4.74 Å². The Kier molecular flexibility index (Phi) is 4.80. The van der Waals surface area contributed by atoms with E-state index in [1.165, 1.54) is 25.7 Å². The maximum absolute atomic E-state index is 12.0. The molecule has 4 nitrogen and oxygen atoms in total. The third kappa shape index (κ3) is 3.68. The maximum Gasteiger partial charge on any atom is 0.236 e. The number of nitrogens with one attached hydrogen (secondary N) is 1. The molecule has 0 radical (unpaired) electrons. The number of piperidine rings is 1. The minimum atomic E-state index is 0.235. The SMILES string of the molecule is COC1CCCN(C(=O)CNC2CCCC2)C1. The molecule has 2 aliphatic rings. The Morgan fingerprint density at radius 2 is 2.06 bits per heavy atom. The average Bonchev–Trinajstić information content (AvgIpc) is 2.89. The Hall–Kier alpha value is -0.610. The zero-order valence-electron chi connectivity index (χ0n) is 10.8. The topological polar surface area (TPSA) is 41.6 Å².